The quantitative estimate of drug-likeness (QED) is 0.347. The molecule has 1 amide bonds. The molecule has 186 valence electrons. The Morgan fingerprint density at radius 3 is 2.56 bits per heavy atom. The van der Waals surface area contributed by atoms with Crippen molar-refractivity contribution in [1.82, 2.24) is 29.1 Å². The minimum Gasteiger partial charge on any atom is -0.450 e. The number of hydrogen-bond donors (Lipinski definition) is 2. The SMILES string of the molecule is CCN(C(=O)COC(=O)c1nc2nc(C)cc(C)n2n1)c1c(N)n(Cc2ccccc2)c(=O)[nH]c1=O. The van der Waals surface area contributed by atoms with Crippen LogP contribution < -0.4 is 21.9 Å². The van der Waals surface area contributed by atoms with E-state index in [4.69, 9.17) is 10.5 Å². The second-order valence-corrected chi connectivity index (χ2v) is 7.97. The number of carbonyl (C=O) groups is 2. The van der Waals surface area contributed by atoms with E-state index in [0.29, 0.717) is 5.69 Å². The van der Waals surface area contributed by atoms with Gasteiger partial charge in [-0.2, -0.15) is 4.98 Å². The van der Waals surface area contributed by atoms with E-state index in [1.54, 1.807) is 51.1 Å². The van der Waals surface area contributed by atoms with Crippen molar-refractivity contribution >= 4 is 29.2 Å². The number of hydrogen-bond acceptors (Lipinski definition) is 9. The zero-order chi connectivity index (χ0) is 26.0. The molecule has 0 spiro atoms. The number of aromatic nitrogens is 6. The molecule has 0 saturated heterocycles. The summed E-state index contributed by atoms with van der Waals surface area (Å²) in [5, 5.41) is 4.07. The first-order valence-electron chi connectivity index (χ1n) is 11.0. The van der Waals surface area contributed by atoms with Crippen molar-refractivity contribution < 1.29 is 14.3 Å². The molecule has 13 nitrogen and oxygen atoms in total. The van der Waals surface area contributed by atoms with Gasteiger partial charge in [0, 0.05) is 17.9 Å². The lowest BCUT2D eigenvalue weighted by molar-refractivity contribution is -0.121. The zero-order valence-electron chi connectivity index (χ0n) is 19.9. The summed E-state index contributed by atoms with van der Waals surface area (Å²) in [6.07, 6.45) is 0. The first-order chi connectivity index (χ1) is 17.2. The molecular weight excluding hydrogens is 468 g/mol. The van der Waals surface area contributed by atoms with Crippen LogP contribution in [0.15, 0.2) is 46.0 Å². The summed E-state index contributed by atoms with van der Waals surface area (Å²) in [5.41, 5.74) is 6.62. The van der Waals surface area contributed by atoms with E-state index < -0.39 is 29.7 Å². The molecule has 0 bridgehead atoms. The molecular formula is C23H24N8O5. The summed E-state index contributed by atoms with van der Waals surface area (Å²) in [4.78, 5) is 62.0. The van der Waals surface area contributed by atoms with Gasteiger partial charge in [-0.15, -0.1) is 5.10 Å². The monoisotopic (exact) mass is 492 g/mol. The van der Waals surface area contributed by atoms with Gasteiger partial charge in [0.1, 0.15) is 5.82 Å². The Hall–Kier alpha value is -4.81. The Bertz CT molecular complexity index is 1570. The third-order valence-electron chi connectivity index (χ3n) is 5.41. The molecule has 0 fully saturated rings. The molecule has 4 rings (SSSR count). The van der Waals surface area contributed by atoms with Crippen LogP contribution in [0.4, 0.5) is 11.5 Å². The number of nitrogen functional groups attached to an aromatic ring is 1. The number of likely N-dealkylation sites (N-methyl/N-ethyl adjacent to an activating group) is 1. The van der Waals surface area contributed by atoms with Gasteiger partial charge in [0.05, 0.1) is 6.54 Å². The number of nitrogens with one attached hydrogen (secondary N) is 1. The molecule has 0 aliphatic heterocycles. The van der Waals surface area contributed by atoms with E-state index in [0.717, 1.165) is 20.7 Å². The molecule has 4 aromatic rings. The van der Waals surface area contributed by atoms with Gasteiger partial charge >= 0.3 is 11.7 Å². The van der Waals surface area contributed by atoms with Gasteiger partial charge in [-0.1, -0.05) is 30.3 Å². The Morgan fingerprint density at radius 1 is 1.14 bits per heavy atom. The number of rotatable bonds is 7. The van der Waals surface area contributed by atoms with Crippen molar-refractivity contribution in [2.45, 2.75) is 27.3 Å². The molecule has 0 unspecified atom stereocenters. The summed E-state index contributed by atoms with van der Waals surface area (Å²) in [7, 11) is 0. The van der Waals surface area contributed by atoms with Gasteiger partial charge in [-0.3, -0.25) is 19.1 Å². The van der Waals surface area contributed by atoms with Crippen molar-refractivity contribution in [1.29, 1.82) is 0 Å². The van der Waals surface area contributed by atoms with Gasteiger partial charge in [0.2, 0.25) is 0 Å². The van der Waals surface area contributed by atoms with E-state index in [1.165, 1.54) is 4.52 Å². The largest absolute Gasteiger partial charge is 0.450 e. The lowest BCUT2D eigenvalue weighted by atomic mass is 10.2. The van der Waals surface area contributed by atoms with Crippen molar-refractivity contribution in [3.8, 4) is 0 Å². The Labute approximate surface area is 204 Å². The number of nitrogens with zero attached hydrogens (tertiary/aromatic N) is 6. The Morgan fingerprint density at radius 2 is 1.86 bits per heavy atom. The molecule has 1 aromatic carbocycles. The highest BCUT2D eigenvalue weighted by molar-refractivity contribution is 5.98. The van der Waals surface area contributed by atoms with E-state index in [1.807, 2.05) is 6.07 Å². The molecule has 3 heterocycles. The van der Waals surface area contributed by atoms with Crippen molar-refractivity contribution in [2.24, 2.45) is 0 Å². The second kappa shape index (κ2) is 9.82. The molecule has 3 aromatic heterocycles. The molecule has 0 aliphatic rings. The Kier molecular flexibility index (Phi) is 6.63. The number of fused-ring (bicyclic) bond motifs is 1. The number of anilines is 2. The number of H-pyrrole nitrogens is 1. The molecule has 0 saturated carbocycles. The third kappa shape index (κ3) is 4.71. The van der Waals surface area contributed by atoms with Crippen LogP contribution in [0, 0.1) is 13.8 Å². The minimum atomic E-state index is -0.933. The zero-order valence-corrected chi connectivity index (χ0v) is 19.9. The predicted octanol–water partition coefficient (Wildman–Crippen LogP) is 0.432. The number of aryl methyl sites for hydroxylation is 2. The van der Waals surface area contributed by atoms with E-state index in [9.17, 15) is 19.2 Å². The average molecular weight is 492 g/mol. The van der Waals surface area contributed by atoms with Crippen LogP contribution in [0.3, 0.4) is 0 Å². The highest BCUT2D eigenvalue weighted by atomic mass is 16.5. The standard InChI is InChI=1S/C23H24N8O5/c1-4-29(17-18(24)30(23(35)27-20(17)33)11-15-8-6-5-7-9-15)16(32)12-36-21(34)19-26-22-25-13(2)10-14(3)31(22)28-19/h5-10H,4,11-12,24H2,1-3H3,(H,27,33,35). The topological polar surface area (TPSA) is 171 Å². The number of ether oxygens (including phenoxy) is 1. The maximum absolute atomic E-state index is 12.9. The van der Waals surface area contributed by atoms with Crippen LogP contribution in [-0.2, 0) is 16.1 Å². The summed E-state index contributed by atoms with van der Waals surface area (Å²) in [6.45, 7) is 4.60. The number of esters is 1. The number of nitrogens with two attached hydrogens (primary N) is 1. The van der Waals surface area contributed by atoms with E-state index in [2.05, 4.69) is 20.1 Å². The average Bonchev–Trinajstić information content (AvgIpc) is 3.28. The number of aromatic amines is 1. The fourth-order valence-electron chi connectivity index (χ4n) is 3.74. The van der Waals surface area contributed by atoms with Gasteiger partial charge in [0.25, 0.3) is 23.1 Å². The van der Waals surface area contributed by atoms with Crippen molar-refractivity contribution in [3.63, 3.8) is 0 Å². The lowest BCUT2D eigenvalue weighted by Crippen LogP contribution is -2.42. The smallest absolute Gasteiger partial charge is 0.378 e. The maximum Gasteiger partial charge on any atom is 0.378 e. The fraction of sp³-hybridized carbons (Fsp3) is 0.261. The second-order valence-electron chi connectivity index (χ2n) is 7.97. The van der Waals surface area contributed by atoms with Crippen LogP contribution in [0.1, 0.15) is 34.5 Å². The van der Waals surface area contributed by atoms with Crippen LogP contribution in [0.25, 0.3) is 5.78 Å². The van der Waals surface area contributed by atoms with Crippen molar-refractivity contribution in [2.75, 3.05) is 23.8 Å². The minimum absolute atomic E-state index is 0.0300. The summed E-state index contributed by atoms with van der Waals surface area (Å²) < 4.78 is 7.65. The molecule has 3 N–H and O–H groups in total. The number of carbonyl (C=O) groups excluding carboxylic acids is 2. The van der Waals surface area contributed by atoms with Crippen LogP contribution in [0.2, 0.25) is 0 Å². The molecule has 36 heavy (non-hydrogen) atoms. The number of benzene rings is 1. The predicted molar refractivity (Wildman–Crippen MR) is 130 cm³/mol. The van der Waals surface area contributed by atoms with Crippen molar-refractivity contribution in [3.05, 3.63) is 80.0 Å². The van der Waals surface area contributed by atoms with Gasteiger partial charge in [-0.05, 0) is 32.4 Å². The van der Waals surface area contributed by atoms with Crippen LogP contribution in [0.5, 0.6) is 0 Å². The maximum atomic E-state index is 12.9. The van der Waals surface area contributed by atoms with Crippen LogP contribution in [-0.4, -0.2) is 54.2 Å². The summed E-state index contributed by atoms with van der Waals surface area (Å²) in [6, 6.07) is 10.8. The molecule has 0 aliphatic carbocycles. The summed E-state index contributed by atoms with van der Waals surface area (Å²) in [5.74, 6) is -1.88. The van der Waals surface area contributed by atoms with Crippen LogP contribution >= 0.6 is 0 Å². The normalized spacial score (nSPS) is 11.0. The molecule has 13 heteroatoms. The molecule has 0 atom stereocenters. The van der Waals surface area contributed by atoms with Gasteiger partial charge in [0.15, 0.2) is 12.3 Å². The van der Waals surface area contributed by atoms with Gasteiger partial charge < -0.3 is 15.4 Å². The van der Waals surface area contributed by atoms with E-state index >= 15 is 0 Å². The molecule has 0 radical (unpaired) electrons. The lowest BCUT2D eigenvalue weighted by Gasteiger charge is -2.23. The van der Waals surface area contributed by atoms with Gasteiger partial charge in [-0.25, -0.2) is 19.1 Å². The Balaban J connectivity index is 1.55. The fourth-order valence-corrected chi connectivity index (χ4v) is 3.74. The third-order valence-corrected chi connectivity index (χ3v) is 5.41. The summed E-state index contributed by atoms with van der Waals surface area (Å²) >= 11 is 0. The first kappa shape index (κ1) is 24.3. The highest BCUT2D eigenvalue weighted by Crippen LogP contribution is 2.18. The van der Waals surface area contributed by atoms with E-state index in [-0.39, 0.29) is 36.2 Å². The first-order valence-corrected chi connectivity index (χ1v) is 11.0. The highest BCUT2D eigenvalue weighted by Gasteiger charge is 2.25. The number of amides is 1.